The van der Waals surface area contributed by atoms with Crippen LogP contribution in [0.4, 0.5) is 0 Å². The number of nitrogens with one attached hydrogen (secondary N) is 1. The Hall–Kier alpha value is -2.21. The molecule has 0 saturated carbocycles. The highest BCUT2D eigenvalue weighted by Crippen LogP contribution is 2.19. The highest BCUT2D eigenvalue weighted by Gasteiger charge is 2.09. The molecule has 3 N–H and O–H groups in total. The van der Waals surface area contributed by atoms with Crippen molar-refractivity contribution in [3.8, 4) is 11.5 Å². The maximum absolute atomic E-state index is 5.51. The Morgan fingerprint density at radius 2 is 2.28 bits per heavy atom. The van der Waals surface area contributed by atoms with Crippen molar-refractivity contribution in [3.63, 3.8) is 0 Å². The van der Waals surface area contributed by atoms with Crippen molar-refractivity contribution in [2.24, 2.45) is 5.73 Å². The minimum Gasteiger partial charge on any atom is -0.335 e. The lowest BCUT2D eigenvalue weighted by Gasteiger charge is -1.94. The van der Waals surface area contributed by atoms with Crippen LogP contribution >= 0.6 is 0 Å². The van der Waals surface area contributed by atoms with E-state index < -0.39 is 0 Å². The summed E-state index contributed by atoms with van der Waals surface area (Å²) in [7, 11) is 0. The van der Waals surface area contributed by atoms with E-state index in [1.165, 1.54) is 0 Å². The van der Waals surface area contributed by atoms with Crippen molar-refractivity contribution < 1.29 is 0 Å². The van der Waals surface area contributed by atoms with Crippen molar-refractivity contribution in [1.29, 1.82) is 0 Å². The summed E-state index contributed by atoms with van der Waals surface area (Å²) in [6.07, 6.45) is 5.45. The maximum atomic E-state index is 5.51. The number of nitrogens with two attached hydrogens (primary N) is 1. The van der Waals surface area contributed by atoms with Gasteiger partial charge in [-0.1, -0.05) is 0 Å². The molecule has 3 heterocycles. The molecule has 18 heavy (non-hydrogen) atoms. The number of aromatic nitrogens is 5. The number of H-pyrrole nitrogens is 1. The van der Waals surface area contributed by atoms with Crippen molar-refractivity contribution >= 4 is 11.2 Å². The van der Waals surface area contributed by atoms with Gasteiger partial charge in [0, 0.05) is 25.5 Å². The lowest BCUT2D eigenvalue weighted by Crippen LogP contribution is -2.07. The van der Waals surface area contributed by atoms with Crippen LogP contribution in [-0.2, 0) is 6.54 Å². The Bertz CT molecular complexity index is 681. The highest BCUT2D eigenvalue weighted by molar-refractivity contribution is 5.77. The quantitative estimate of drug-likeness (QED) is 0.720. The summed E-state index contributed by atoms with van der Waals surface area (Å²) in [4.78, 5) is 16.2. The average molecular weight is 242 g/mol. The van der Waals surface area contributed by atoms with Crippen LogP contribution in [0.2, 0.25) is 0 Å². The molecular formula is C12H14N6. The molecule has 3 rings (SSSR count). The van der Waals surface area contributed by atoms with Gasteiger partial charge in [0.15, 0.2) is 11.5 Å². The summed E-state index contributed by atoms with van der Waals surface area (Å²) in [6.45, 7) is 3.38. The molecule has 0 radical (unpaired) electrons. The first kappa shape index (κ1) is 10.9. The molecule has 0 atom stereocenters. The number of hydrogen-bond donors (Lipinski definition) is 2. The van der Waals surface area contributed by atoms with E-state index in [4.69, 9.17) is 5.73 Å². The van der Waals surface area contributed by atoms with Crippen molar-refractivity contribution in [3.05, 3.63) is 30.4 Å². The van der Waals surface area contributed by atoms with Crippen LogP contribution in [0.5, 0.6) is 0 Å². The van der Waals surface area contributed by atoms with Crippen LogP contribution in [0.25, 0.3) is 22.7 Å². The SMILES string of the molecule is Cc1ccnc2nc(-c3cn(CCN)cn3)[nH]c12. The van der Waals surface area contributed by atoms with Crippen LogP contribution in [0, 0.1) is 6.92 Å². The molecule has 0 bridgehead atoms. The number of aryl methyl sites for hydroxylation is 1. The van der Waals surface area contributed by atoms with E-state index in [1.807, 2.05) is 23.8 Å². The van der Waals surface area contributed by atoms with Gasteiger partial charge in [-0.3, -0.25) is 0 Å². The number of imidazole rings is 2. The van der Waals surface area contributed by atoms with Crippen molar-refractivity contribution in [2.45, 2.75) is 13.5 Å². The first-order valence-electron chi connectivity index (χ1n) is 5.81. The van der Waals surface area contributed by atoms with Gasteiger partial charge in [0.2, 0.25) is 0 Å². The topological polar surface area (TPSA) is 85.4 Å². The fraction of sp³-hybridized carbons (Fsp3) is 0.250. The van der Waals surface area contributed by atoms with Gasteiger partial charge in [-0.05, 0) is 18.6 Å². The van der Waals surface area contributed by atoms with E-state index in [0.29, 0.717) is 6.54 Å². The molecule has 0 unspecified atom stereocenters. The second-order valence-electron chi connectivity index (χ2n) is 4.20. The molecule has 0 aliphatic carbocycles. The van der Waals surface area contributed by atoms with Crippen LogP contribution in [0.3, 0.4) is 0 Å². The molecule has 3 aromatic heterocycles. The smallest absolute Gasteiger partial charge is 0.178 e. The van der Waals surface area contributed by atoms with Crippen molar-refractivity contribution in [1.82, 2.24) is 24.5 Å². The van der Waals surface area contributed by atoms with Crippen LogP contribution in [-0.4, -0.2) is 31.0 Å². The fourth-order valence-electron chi connectivity index (χ4n) is 1.91. The molecule has 0 amide bonds. The van der Waals surface area contributed by atoms with E-state index in [2.05, 4.69) is 19.9 Å². The third kappa shape index (κ3) is 1.76. The van der Waals surface area contributed by atoms with Crippen molar-refractivity contribution in [2.75, 3.05) is 6.54 Å². The molecule has 0 spiro atoms. The van der Waals surface area contributed by atoms with Gasteiger partial charge in [0.25, 0.3) is 0 Å². The Morgan fingerprint density at radius 1 is 1.39 bits per heavy atom. The molecule has 0 aromatic carbocycles. The second-order valence-corrected chi connectivity index (χ2v) is 4.20. The zero-order valence-corrected chi connectivity index (χ0v) is 10.1. The first-order valence-corrected chi connectivity index (χ1v) is 5.81. The summed E-state index contributed by atoms with van der Waals surface area (Å²) < 4.78 is 1.95. The normalized spacial score (nSPS) is 11.2. The van der Waals surface area contributed by atoms with E-state index in [-0.39, 0.29) is 0 Å². The van der Waals surface area contributed by atoms with E-state index in [1.54, 1.807) is 12.5 Å². The van der Waals surface area contributed by atoms with Gasteiger partial charge in [0.1, 0.15) is 5.69 Å². The van der Waals surface area contributed by atoms with Crippen LogP contribution in [0.15, 0.2) is 24.8 Å². The Balaban J connectivity index is 2.05. The molecule has 0 saturated heterocycles. The van der Waals surface area contributed by atoms with E-state index in [0.717, 1.165) is 34.8 Å². The fourth-order valence-corrected chi connectivity index (χ4v) is 1.91. The predicted octanol–water partition coefficient (Wildman–Crippen LogP) is 1.09. The third-order valence-corrected chi connectivity index (χ3v) is 2.86. The summed E-state index contributed by atoms with van der Waals surface area (Å²) in [6, 6.07) is 1.96. The Kier molecular flexibility index (Phi) is 2.56. The molecule has 6 heteroatoms. The van der Waals surface area contributed by atoms with Gasteiger partial charge < -0.3 is 15.3 Å². The number of pyridine rings is 1. The summed E-state index contributed by atoms with van der Waals surface area (Å²) in [5.41, 5.74) is 9.12. The zero-order valence-electron chi connectivity index (χ0n) is 10.1. The molecule has 0 aliphatic heterocycles. The summed E-state index contributed by atoms with van der Waals surface area (Å²) >= 11 is 0. The predicted molar refractivity (Wildman–Crippen MR) is 68.9 cm³/mol. The van der Waals surface area contributed by atoms with Crippen LogP contribution < -0.4 is 5.73 Å². The number of rotatable bonds is 3. The Morgan fingerprint density at radius 3 is 3.06 bits per heavy atom. The Labute approximate surface area is 104 Å². The number of nitrogens with zero attached hydrogens (tertiary/aromatic N) is 4. The number of aromatic amines is 1. The average Bonchev–Trinajstić information content (AvgIpc) is 2.96. The molecular weight excluding hydrogens is 228 g/mol. The number of fused-ring (bicyclic) bond motifs is 1. The molecule has 0 aliphatic rings. The largest absolute Gasteiger partial charge is 0.335 e. The monoisotopic (exact) mass is 242 g/mol. The van der Waals surface area contributed by atoms with Gasteiger partial charge >= 0.3 is 0 Å². The minimum atomic E-state index is 0.594. The first-order chi connectivity index (χ1) is 8.78. The zero-order chi connectivity index (χ0) is 12.5. The lowest BCUT2D eigenvalue weighted by atomic mass is 10.3. The van der Waals surface area contributed by atoms with E-state index in [9.17, 15) is 0 Å². The van der Waals surface area contributed by atoms with Gasteiger partial charge in [-0.2, -0.15) is 0 Å². The van der Waals surface area contributed by atoms with E-state index >= 15 is 0 Å². The standard InChI is InChI=1S/C12H14N6/c1-8-2-4-14-12-10(8)16-11(17-12)9-6-18(5-3-13)7-15-9/h2,4,6-7H,3,5,13H2,1H3,(H,14,16,17). The second kappa shape index (κ2) is 4.23. The van der Waals surface area contributed by atoms with Crippen LogP contribution in [0.1, 0.15) is 5.56 Å². The third-order valence-electron chi connectivity index (χ3n) is 2.86. The molecule has 0 fully saturated rings. The lowest BCUT2D eigenvalue weighted by molar-refractivity contribution is 0.708. The van der Waals surface area contributed by atoms with Gasteiger partial charge in [-0.25, -0.2) is 15.0 Å². The van der Waals surface area contributed by atoms with Gasteiger partial charge in [0.05, 0.1) is 11.8 Å². The highest BCUT2D eigenvalue weighted by atomic mass is 15.1. The number of hydrogen-bond acceptors (Lipinski definition) is 4. The maximum Gasteiger partial charge on any atom is 0.178 e. The molecule has 92 valence electrons. The molecule has 6 nitrogen and oxygen atoms in total. The molecule has 3 aromatic rings. The van der Waals surface area contributed by atoms with Gasteiger partial charge in [-0.15, -0.1) is 0 Å². The minimum absolute atomic E-state index is 0.594. The summed E-state index contributed by atoms with van der Waals surface area (Å²) in [5.74, 6) is 0.738. The summed E-state index contributed by atoms with van der Waals surface area (Å²) in [5, 5.41) is 0.